The predicted octanol–water partition coefficient (Wildman–Crippen LogP) is 4.98. The molecule has 0 amide bonds. The van der Waals surface area contributed by atoms with Gasteiger partial charge in [-0.1, -0.05) is 24.3 Å². The van der Waals surface area contributed by atoms with Gasteiger partial charge in [0.1, 0.15) is 0 Å². The van der Waals surface area contributed by atoms with Crippen LogP contribution in [0, 0.1) is 6.92 Å². The van der Waals surface area contributed by atoms with E-state index in [0.717, 1.165) is 33.1 Å². The standard InChI is InChI=1S/C21H18N2O2S2/c1-15-13-17(16-5-3-6-18(14-16)27(2,24)25)8-9-19(15)23-11-10-22-21(23)20-7-4-12-26-20/h3-14H,1-2H3. The second-order valence-electron chi connectivity index (χ2n) is 6.40. The van der Waals surface area contributed by atoms with Crippen molar-refractivity contribution in [3.05, 3.63) is 77.9 Å². The molecule has 0 aliphatic rings. The quantitative estimate of drug-likeness (QED) is 0.490. The zero-order chi connectivity index (χ0) is 19.0. The first-order chi connectivity index (χ1) is 12.9. The van der Waals surface area contributed by atoms with Crippen LogP contribution in [0.25, 0.3) is 27.5 Å². The van der Waals surface area contributed by atoms with Crippen LogP contribution in [0.2, 0.25) is 0 Å². The van der Waals surface area contributed by atoms with Gasteiger partial charge in [0.15, 0.2) is 15.7 Å². The molecule has 0 spiro atoms. The molecule has 4 aromatic rings. The zero-order valence-electron chi connectivity index (χ0n) is 15.0. The number of aryl methyl sites for hydroxylation is 1. The minimum atomic E-state index is -3.23. The SMILES string of the molecule is Cc1cc(-c2cccc(S(C)(=O)=O)c2)ccc1-n1ccnc1-c1cccs1. The topological polar surface area (TPSA) is 52.0 Å². The normalized spacial score (nSPS) is 11.6. The highest BCUT2D eigenvalue weighted by Gasteiger charge is 2.12. The van der Waals surface area contributed by atoms with Crippen LogP contribution in [0.5, 0.6) is 0 Å². The molecule has 136 valence electrons. The molecule has 4 rings (SSSR count). The van der Waals surface area contributed by atoms with Crippen molar-refractivity contribution in [2.45, 2.75) is 11.8 Å². The third-order valence-electron chi connectivity index (χ3n) is 4.43. The average molecular weight is 395 g/mol. The summed E-state index contributed by atoms with van der Waals surface area (Å²) in [5.74, 6) is 0.917. The highest BCUT2D eigenvalue weighted by atomic mass is 32.2. The molecular weight excluding hydrogens is 376 g/mol. The zero-order valence-corrected chi connectivity index (χ0v) is 16.6. The molecule has 0 aliphatic heterocycles. The van der Waals surface area contributed by atoms with Gasteiger partial charge in [0, 0.05) is 18.6 Å². The third kappa shape index (κ3) is 3.46. The summed E-state index contributed by atoms with van der Waals surface area (Å²) in [7, 11) is -3.23. The van der Waals surface area contributed by atoms with Crippen LogP contribution >= 0.6 is 11.3 Å². The molecule has 2 heterocycles. The lowest BCUT2D eigenvalue weighted by molar-refractivity contribution is 0.602. The van der Waals surface area contributed by atoms with Crippen LogP contribution in [-0.4, -0.2) is 24.2 Å². The van der Waals surface area contributed by atoms with Crippen LogP contribution in [-0.2, 0) is 9.84 Å². The molecule has 4 nitrogen and oxygen atoms in total. The van der Waals surface area contributed by atoms with E-state index in [0.29, 0.717) is 4.90 Å². The fraction of sp³-hybridized carbons (Fsp3) is 0.0952. The average Bonchev–Trinajstić information content (AvgIpc) is 3.32. The van der Waals surface area contributed by atoms with Gasteiger partial charge in [-0.15, -0.1) is 11.3 Å². The Labute approximate surface area is 162 Å². The number of benzene rings is 2. The van der Waals surface area contributed by atoms with Gasteiger partial charge in [0.05, 0.1) is 15.5 Å². The Kier molecular flexibility index (Phi) is 4.45. The van der Waals surface area contributed by atoms with Crippen molar-refractivity contribution in [2.24, 2.45) is 0 Å². The lowest BCUT2D eigenvalue weighted by atomic mass is 10.0. The first-order valence-corrected chi connectivity index (χ1v) is 11.2. The van der Waals surface area contributed by atoms with Gasteiger partial charge in [0.2, 0.25) is 0 Å². The number of sulfone groups is 1. The van der Waals surface area contributed by atoms with E-state index in [9.17, 15) is 8.42 Å². The molecular formula is C21H18N2O2S2. The van der Waals surface area contributed by atoms with Gasteiger partial charge in [-0.25, -0.2) is 13.4 Å². The summed E-state index contributed by atoms with van der Waals surface area (Å²) in [6.45, 7) is 2.05. The van der Waals surface area contributed by atoms with Crippen LogP contribution in [0.15, 0.2) is 77.3 Å². The maximum absolute atomic E-state index is 11.8. The van der Waals surface area contributed by atoms with Gasteiger partial charge in [-0.05, 0) is 59.3 Å². The summed E-state index contributed by atoms with van der Waals surface area (Å²) in [5.41, 5.74) is 4.02. The molecule has 0 radical (unpaired) electrons. The molecule has 0 N–H and O–H groups in total. The van der Waals surface area contributed by atoms with E-state index in [-0.39, 0.29) is 0 Å². The Morgan fingerprint density at radius 3 is 2.52 bits per heavy atom. The summed E-state index contributed by atoms with van der Waals surface area (Å²) in [6.07, 6.45) is 4.99. The van der Waals surface area contributed by atoms with Crippen molar-refractivity contribution in [2.75, 3.05) is 6.26 Å². The van der Waals surface area contributed by atoms with E-state index in [2.05, 4.69) is 34.7 Å². The van der Waals surface area contributed by atoms with Gasteiger partial charge in [0.25, 0.3) is 0 Å². The molecule has 2 aromatic heterocycles. The number of rotatable bonds is 4. The first-order valence-electron chi connectivity index (χ1n) is 8.42. The maximum atomic E-state index is 11.8. The Morgan fingerprint density at radius 2 is 1.81 bits per heavy atom. The van der Waals surface area contributed by atoms with E-state index in [4.69, 9.17) is 0 Å². The number of thiophene rings is 1. The minimum absolute atomic E-state index is 0.330. The van der Waals surface area contributed by atoms with Crippen molar-refractivity contribution in [1.29, 1.82) is 0 Å². The highest BCUT2D eigenvalue weighted by molar-refractivity contribution is 7.90. The summed E-state index contributed by atoms with van der Waals surface area (Å²) in [4.78, 5) is 5.95. The molecule has 27 heavy (non-hydrogen) atoms. The summed E-state index contributed by atoms with van der Waals surface area (Å²) < 4.78 is 25.7. The first kappa shape index (κ1) is 17.7. The Bertz CT molecular complexity index is 1210. The lowest BCUT2D eigenvalue weighted by Gasteiger charge is -2.12. The number of aromatic nitrogens is 2. The Balaban J connectivity index is 1.76. The minimum Gasteiger partial charge on any atom is -0.299 e. The van der Waals surface area contributed by atoms with Gasteiger partial charge in [-0.3, -0.25) is 4.57 Å². The monoisotopic (exact) mass is 394 g/mol. The molecule has 6 heteroatoms. The predicted molar refractivity (Wildman–Crippen MR) is 110 cm³/mol. The largest absolute Gasteiger partial charge is 0.299 e. The number of imidazole rings is 1. The van der Waals surface area contributed by atoms with Crippen molar-refractivity contribution >= 4 is 21.2 Å². The van der Waals surface area contributed by atoms with Crippen LogP contribution in [0.3, 0.4) is 0 Å². The van der Waals surface area contributed by atoms with Crippen molar-refractivity contribution in [1.82, 2.24) is 9.55 Å². The van der Waals surface area contributed by atoms with E-state index in [1.54, 1.807) is 35.7 Å². The van der Waals surface area contributed by atoms with E-state index in [1.165, 1.54) is 6.26 Å². The maximum Gasteiger partial charge on any atom is 0.175 e. The molecule has 2 aromatic carbocycles. The summed E-state index contributed by atoms with van der Waals surface area (Å²) >= 11 is 1.66. The van der Waals surface area contributed by atoms with E-state index < -0.39 is 9.84 Å². The van der Waals surface area contributed by atoms with Crippen LogP contribution in [0.4, 0.5) is 0 Å². The van der Waals surface area contributed by atoms with Gasteiger partial charge < -0.3 is 0 Å². The summed E-state index contributed by atoms with van der Waals surface area (Å²) in [5, 5.41) is 2.04. The summed E-state index contributed by atoms with van der Waals surface area (Å²) in [6, 6.07) is 17.3. The Hall–Kier alpha value is -2.70. The van der Waals surface area contributed by atoms with Crippen molar-refractivity contribution in [3.63, 3.8) is 0 Å². The molecule has 0 fully saturated rings. The van der Waals surface area contributed by atoms with Gasteiger partial charge >= 0.3 is 0 Å². The highest BCUT2D eigenvalue weighted by Crippen LogP contribution is 2.30. The van der Waals surface area contributed by atoms with Gasteiger partial charge in [-0.2, -0.15) is 0 Å². The fourth-order valence-electron chi connectivity index (χ4n) is 3.10. The number of nitrogens with zero attached hydrogens (tertiary/aromatic N) is 2. The number of hydrogen-bond donors (Lipinski definition) is 0. The molecule has 0 bridgehead atoms. The second-order valence-corrected chi connectivity index (χ2v) is 9.36. The molecule has 0 aliphatic carbocycles. The smallest absolute Gasteiger partial charge is 0.175 e. The second kappa shape index (κ2) is 6.79. The number of hydrogen-bond acceptors (Lipinski definition) is 4. The molecule has 0 saturated carbocycles. The van der Waals surface area contributed by atoms with Crippen molar-refractivity contribution in [3.8, 4) is 27.5 Å². The molecule has 0 saturated heterocycles. The lowest BCUT2D eigenvalue weighted by Crippen LogP contribution is -1.99. The van der Waals surface area contributed by atoms with Crippen LogP contribution < -0.4 is 0 Å². The Morgan fingerprint density at radius 1 is 1.00 bits per heavy atom. The third-order valence-corrected chi connectivity index (χ3v) is 6.41. The fourth-order valence-corrected chi connectivity index (χ4v) is 4.48. The van der Waals surface area contributed by atoms with Crippen LogP contribution in [0.1, 0.15) is 5.56 Å². The van der Waals surface area contributed by atoms with Crippen molar-refractivity contribution < 1.29 is 8.42 Å². The van der Waals surface area contributed by atoms with E-state index in [1.807, 2.05) is 29.8 Å². The molecule has 0 atom stereocenters. The van der Waals surface area contributed by atoms with E-state index >= 15 is 0 Å². The molecule has 0 unspecified atom stereocenters.